The highest BCUT2D eigenvalue weighted by atomic mass is 16.5. The van der Waals surface area contributed by atoms with Crippen molar-refractivity contribution in [1.29, 1.82) is 0 Å². The average molecular weight is 278 g/mol. The van der Waals surface area contributed by atoms with Crippen LogP contribution in [0, 0.1) is 0 Å². The van der Waals surface area contributed by atoms with Gasteiger partial charge in [0.15, 0.2) is 0 Å². The van der Waals surface area contributed by atoms with E-state index in [1.165, 1.54) is 0 Å². The monoisotopic (exact) mass is 278 g/mol. The summed E-state index contributed by atoms with van der Waals surface area (Å²) in [5, 5.41) is 8.75. The van der Waals surface area contributed by atoms with E-state index in [0.29, 0.717) is 25.4 Å². The molecule has 0 spiro atoms. The number of carbonyl (C=O) groups excluding carboxylic acids is 1. The Bertz CT molecular complexity index is 442. The minimum atomic E-state index is 0.0167. The Morgan fingerprint density at radius 2 is 2.25 bits per heavy atom. The minimum absolute atomic E-state index is 0.0167. The first-order valence-electron chi connectivity index (χ1n) is 7.22. The van der Waals surface area contributed by atoms with Crippen molar-refractivity contribution in [3.8, 4) is 0 Å². The fourth-order valence-corrected chi connectivity index (χ4v) is 2.51. The highest BCUT2D eigenvalue weighted by Gasteiger charge is 2.25. The van der Waals surface area contributed by atoms with E-state index in [0.717, 1.165) is 24.8 Å². The Balaban J connectivity index is 1.94. The maximum atomic E-state index is 12.5. The van der Waals surface area contributed by atoms with Gasteiger partial charge in [-0.2, -0.15) is 0 Å². The largest absolute Gasteiger partial charge is 0.394 e. The van der Waals surface area contributed by atoms with Gasteiger partial charge in [0.1, 0.15) is 5.69 Å². The van der Waals surface area contributed by atoms with E-state index in [9.17, 15) is 4.79 Å². The SMILES string of the molecule is CCc1cccnc1C(=O)N1CCC(OCCO)CC1. The first kappa shape index (κ1) is 14.9. The standard InChI is InChI=1S/C15H22N2O3/c1-2-12-4-3-7-16-14(12)15(19)17-8-5-13(6-9-17)20-11-10-18/h3-4,7,13,18H,2,5-6,8-11H2,1H3. The second-order valence-electron chi connectivity index (χ2n) is 4.95. The van der Waals surface area contributed by atoms with Crippen molar-refractivity contribution < 1.29 is 14.6 Å². The molecule has 1 saturated heterocycles. The fourth-order valence-electron chi connectivity index (χ4n) is 2.51. The van der Waals surface area contributed by atoms with Crippen LogP contribution in [0.2, 0.25) is 0 Å². The van der Waals surface area contributed by atoms with Crippen LogP contribution >= 0.6 is 0 Å². The van der Waals surface area contributed by atoms with E-state index in [1.807, 2.05) is 24.0 Å². The van der Waals surface area contributed by atoms with Gasteiger partial charge in [-0.3, -0.25) is 9.78 Å². The molecule has 2 heterocycles. The average Bonchev–Trinajstić information content (AvgIpc) is 2.52. The Labute approximate surface area is 119 Å². The second kappa shape index (κ2) is 7.36. The van der Waals surface area contributed by atoms with Crippen molar-refractivity contribution in [1.82, 2.24) is 9.88 Å². The summed E-state index contributed by atoms with van der Waals surface area (Å²) in [5.74, 6) is 0.0167. The van der Waals surface area contributed by atoms with Gasteiger partial charge in [-0.05, 0) is 30.9 Å². The van der Waals surface area contributed by atoms with E-state index in [2.05, 4.69) is 4.98 Å². The van der Waals surface area contributed by atoms with Gasteiger partial charge in [-0.25, -0.2) is 0 Å². The number of aryl methyl sites for hydroxylation is 1. The molecule has 0 aromatic carbocycles. The normalized spacial score (nSPS) is 16.4. The lowest BCUT2D eigenvalue weighted by atomic mass is 10.1. The van der Waals surface area contributed by atoms with Crippen LogP contribution in [0.5, 0.6) is 0 Å². The zero-order valence-electron chi connectivity index (χ0n) is 11.9. The highest BCUT2D eigenvalue weighted by Crippen LogP contribution is 2.17. The van der Waals surface area contributed by atoms with Gasteiger partial charge in [0.05, 0.1) is 19.3 Å². The predicted octanol–water partition coefficient (Wildman–Crippen LogP) is 1.26. The lowest BCUT2D eigenvalue weighted by Gasteiger charge is -2.32. The third-order valence-corrected chi connectivity index (χ3v) is 3.65. The summed E-state index contributed by atoms with van der Waals surface area (Å²) in [7, 11) is 0. The number of nitrogens with zero attached hydrogens (tertiary/aromatic N) is 2. The summed E-state index contributed by atoms with van der Waals surface area (Å²) < 4.78 is 5.51. The predicted molar refractivity (Wildman–Crippen MR) is 75.6 cm³/mol. The number of hydrogen-bond donors (Lipinski definition) is 1. The lowest BCUT2D eigenvalue weighted by Crippen LogP contribution is -2.41. The number of likely N-dealkylation sites (tertiary alicyclic amines) is 1. The molecule has 5 nitrogen and oxygen atoms in total. The van der Waals surface area contributed by atoms with Crippen molar-refractivity contribution in [3.63, 3.8) is 0 Å². The molecule has 1 aliphatic rings. The second-order valence-corrected chi connectivity index (χ2v) is 4.95. The number of rotatable bonds is 5. The molecule has 1 aromatic rings. The van der Waals surface area contributed by atoms with Gasteiger partial charge in [-0.1, -0.05) is 13.0 Å². The molecule has 0 aliphatic carbocycles. The summed E-state index contributed by atoms with van der Waals surface area (Å²) in [6.07, 6.45) is 4.27. The number of carbonyl (C=O) groups is 1. The molecule has 1 fully saturated rings. The number of amides is 1. The smallest absolute Gasteiger partial charge is 0.272 e. The molecule has 0 radical (unpaired) electrons. The first-order chi connectivity index (χ1) is 9.76. The highest BCUT2D eigenvalue weighted by molar-refractivity contribution is 5.93. The van der Waals surface area contributed by atoms with Crippen molar-refractivity contribution in [2.45, 2.75) is 32.3 Å². The van der Waals surface area contributed by atoms with Crippen LogP contribution in [0.25, 0.3) is 0 Å². The van der Waals surface area contributed by atoms with Crippen LogP contribution in [0.3, 0.4) is 0 Å². The maximum Gasteiger partial charge on any atom is 0.272 e. The molecule has 0 saturated carbocycles. The number of aliphatic hydroxyl groups is 1. The Kier molecular flexibility index (Phi) is 5.49. The van der Waals surface area contributed by atoms with Gasteiger partial charge in [-0.15, -0.1) is 0 Å². The van der Waals surface area contributed by atoms with Crippen molar-refractivity contribution in [3.05, 3.63) is 29.6 Å². The molecular formula is C15H22N2O3. The van der Waals surface area contributed by atoms with E-state index < -0.39 is 0 Å². The van der Waals surface area contributed by atoms with Gasteiger partial charge >= 0.3 is 0 Å². The molecule has 5 heteroatoms. The van der Waals surface area contributed by atoms with Gasteiger partial charge in [0.2, 0.25) is 0 Å². The quantitative estimate of drug-likeness (QED) is 0.880. The summed E-state index contributed by atoms with van der Waals surface area (Å²) >= 11 is 0. The topological polar surface area (TPSA) is 62.7 Å². The number of hydrogen-bond acceptors (Lipinski definition) is 4. The number of aromatic nitrogens is 1. The van der Waals surface area contributed by atoms with Gasteiger partial charge in [0, 0.05) is 19.3 Å². The van der Waals surface area contributed by atoms with Crippen LogP contribution < -0.4 is 0 Å². The number of piperidine rings is 1. The van der Waals surface area contributed by atoms with E-state index in [1.54, 1.807) is 6.20 Å². The van der Waals surface area contributed by atoms with E-state index >= 15 is 0 Å². The fraction of sp³-hybridized carbons (Fsp3) is 0.600. The molecule has 20 heavy (non-hydrogen) atoms. The molecule has 1 amide bonds. The van der Waals surface area contributed by atoms with Crippen molar-refractivity contribution in [2.75, 3.05) is 26.3 Å². The maximum absolute atomic E-state index is 12.5. The summed E-state index contributed by atoms with van der Waals surface area (Å²) in [4.78, 5) is 18.6. The molecule has 2 rings (SSSR count). The van der Waals surface area contributed by atoms with Crippen LogP contribution in [0.4, 0.5) is 0 Å². The van der Waals surface area contributed by atoms with E-state index in [4.69, 9.17) is 9.84 Å². The third kappa shape index (κ3) is 3.55. The molecule has 1 aliphatic heterocycles. The number of ether oxygens (including phenoxy) is 1. The molecule has 0 atom stereocenters. The van der Waals surface area contributed by atoms with Gasteiger partial charge in [0.25, 0.3) is 5.91 Å². The van der Waals surface area contributed by atoms with E-state index in [-0.39, 0.29) is 18.6 Å². The molecule has 0 bridgehead atoms. The molecule has 1 aromatic heterocycles. The summed E-state index contributed by atoms with van der Waals surface area (Å²) in [5.41, 5.74) is 1.57. The van der Waals surface area contributed by atoms with Gasteiger partial charge < -0.3 is 14.7 Å². The lowest BCUT2D eigenvalue weighted by molar-refractivity contribution is -0.00566. The first-order valence-corrected chi connectivity index (χ1v) is 7.22. The zero-order valence-corrected chi connectivity index (χ0v) is 11.9. The number of aliphatic hydroxyl groups excluding tert-OH is 1. The molecule has 110 valence electrons. The van der Waals surface area contributed by atoms with Crippen LogP contribution in [-0.2, 0) is 11.2 Å². The Hall–Kier alpha value is -1.46. The van der Waals surface area contributed by atoms with Crippen LogP contribution in [0.1, 0.15) is 35.8 Å². The molecule has 1 N–H and O–H groups in total. The van der Waals surface area contributed by atoms with Crippen LogP contribution in [0.15, 0.2) is 18.3 Å². The zero-order chi connectivity index (χ0) is 14.4. The Morgan fingerprint density at radius 3 is 2.90 bits per heavy atom. The summed E-state index contributed by atoms with van der Waals surface area (Å²) in [6.45, 7) is 3.83. The Morgan fingerprint density at radius 1 is 1.50 bits per heavy atom. The summed E-state index contributed by atoms with van der Waals surface area (Å²) in [6, 6.07) is 3.82. The van der Waals surface area contributed by atoms with Crippen molar-refractivity contribution in [2.24, 2.45) is 0 Å². The number of pyridine rings is 1. The molecular weight excluding hydrogens is 256 g/mol. The third-order valence-electron chi connectivity index (χ3n) is 3.65. The van der Waals surface area contributed by atoms with Crippen molar-refractivity contribution >= 4 is 5.91 Å². The molecule has 0 unspecified atom stereocenters. The van der Waals surface area contributed by atoms with Crippen LogP contribution in [-0.4, -0.2) is 53.3 Å². The minimum Gasteiger partial charge on any atom is -0.394 e.